The lowest BCUT2D eigenvalue weighted by Crippen LogP contribution is -2.27. The molecule has 1 saturated carbocycles. The number of amides is 1. The van der Waals surface area contributed by atoms with Crippen molar-refractivity contribution in [2.45, 2.75) is 31.6 Å². The summed E-state index contributed by atoms with van der Waals surface area (Å²) >= 11 is 0. The molecule has 2 rings (SSSR count). The topological polar surface area (TPSA) is 38.3 Å². The fourth-order valence-electron chi connectivity index (χ4n) is 2.37. The molecule has 1 aliphatic carbocycles. The van der Waals surface area contributed by atoms with Gasteiger partial charge in [0.1, 0.15) is 0 Å². The van der Waals surface area contributed by atoms with Gasteiger partial charge in [-0.05, 0) is 30.9 Å². The van der Waals surface area contributed by atoms with Gasteiger partial charge in [0.25, 0.3) is 5.91 Å². The Balaban J connectivity index is 1.89. The molecule has 0 unspecified atom stereocenters. The maximum Gasteiger partial charge on any atom is 0.283 e. The molecule has 126 valence electrons. The maximum atomic E-state index is 13.9. The number of rotatable bonds is 5. The highest BCUT2D eigenvalue weighted by Crippen LogP contribution is 2.36. The van der Waals surface area contributed by atoms with E-state index in [-0.39, 0.29) is 36.8 Å². The third-order valence-electron chi connectivity index (χ3n) is 3.75. The Hall–Kier alpha value is -2.05. The first-order valence-electron chi connectivity index (χ1n) is 7.23. The van der Waals surface area contributed by atoms with E-state index in [9.17, 15) is 22.4 Å². The van der Waals surface area contributed by atoms with Crippen molar-refractivity contribution in [2.24, 2.45) is 5.92 Å². The summed E-state index contributed by atoms with van der Waals surface area (Å²) in [6, 6.07) is 3.64. The zero-order chi connectivity index (χ0) is 17.0. The van der Waals surface area contributed by atoms with Crippen LogP contribution in [0.25, 0.3) is 0 Å². The Bertz CT molecular complexity index is 594. The smallest absolute Gasteiger partial charge is 0.283 e. The Labute approximate surface area is 131 Å². The molecule has 1 fully saturated rings. The Morgan fingerprint density at radius 1 is 1.35 bits per heavy atom. The Kier molecular flexibility index (Phi) is 5.28. The molecule has 0 saturated heterocycles. The summed E-state index contributed by atoms with van der Waals surface area (Å²) in [5.74, 6) is -5.65. The molecule has 1 aromatic rings. The van der Waals surface area contributed by atoms with Crippen LogP contribution in [-0.2, 0) is 4.79 Å². The fraction of sp³-hybridized carbons (Fsp3) is 0.438. The summed E-state index contributed by atoms with van der Waals surface area (Å²) in [6.45, 7) is 2.98. The molecule has 3 nitrogen and oxygen atoms in total. The van der Waals surface area contributed by atoms with Crippen LogP contribution in [0.3, 0.4) is 0 Å². The lowest BCUT2D eigenvalue weighted by molar-refractivity contribution is -0.114. The van der Waals surface area contributed by atoms with Gasteiger partial charge in [0.05, 0.1) is 6.61 Å². The number of halogens is 4. The van der Waals surface area contributed by atoms with Crippen LogP contribution in [0.1, 0.15) is 25.7 Å². The molecule has 0 heterocycles. The van der Waals surface area contributed by atoms with E-state index in [1.807, 2.05) is 0 Å². The second-order valence-electron chi connectivity index (χ2n) is 5.61. The molecule has 0 spiro atoms. The largest absolute Gasteiger partial charge is 0.490 e. The van der Waals surface area contributed by atoms with E-state index in [0.717, 1.165) is 6.07 Å². The minimum atomic E-state index is -2.61. The van der Waals surface area contributed by atoms with Crippen molar-refractivity contribution in [1.29, 1.82) is 0 Å². The van der Waals surface area contributed by atoms with Crippen LogP contribution < -0.4 is 10.1 Å². The second kappa shape index (κ2) is 7.02. The number of nitrogens with one attached hydrogen (secondary N) is 1. The molecule has 0 atom stereocenters. The number of carbonyl (C=O) groups is 1. The molecule has 1 aromatic carbocycles. The molecule has 7 heteroatoms. The Morgan fingerprint density at radius 3 is 2.57 bits per heavy atom. The van der Waals surface area contributed by atoms with Gasteiger partial charge in [-0.2, -0.15) is 0 Å². The van der Waals surface area contributed by atoms with E-state index >= 15 is 0 Å². The highest BCUT2D eigenvalue weighted by molar-refractivity contribution is 6.01. The van der Waals surface area contributed by atoms with Crippen LogP contribution in [0.4, 0.5) is 23.2 Å². The molecule has 0 aromatic heterocycles. The predicted octanol–water partition coefficient (Wildman–Crippen LogP) is 4.45. The third-order valence-corrected chi connectivity index (χ3v) is 3.75. The predicted molar refractivity (Wildman–Crippen MR) is 77.7 cm³/mol. The van der Waals surface area contributed by atoms with Crippen molar-refractivity contribution in [3.8, 4) is 5.75 Å². The molecule has 1 aliphatic rings. The van der Waals surface area contributed by atoms with Crippen molar-refractivity contribution < 1.29 is 27.1 Å². The normalized spacial score (nSPS) is 17.6. The van der Waals surface area contributed by atoms with Gasteiger partial charge >= 0.3 is 0 Å². The van der Waals surface area contributed by atoms with Crippen LogP contribution in [0.5, 0.6) is 5.75 Å². The number of ether oxygens (including phenoxy) is 1. The summed E-state index contributed by atoms with van der Waals surface area (Å²) in [7, 11) is 0. The molecular formula is C16H17F4NO2. The molecule has 1 N–H and O–H groups in total. The van der Waals surface area contributed by atoms with E-state index in [0.29, 0.717) is 12.8 Å². The molecule has 0 bridgehead atoms. The van der Waals surface area contributed by atoms with Gasteiger partial charge in [-0.15, -0.1) is 0 Å². The lowest BCUT2D eigenvalue weighted by Gasteiger charge is -2.28. The SMILES string of the molecule is C=C(F)C(=O)Nc1ccc(OCC2CCC(F)(F)CC2)c(F)c1. The van der Waals surface area contributed by atoms with Crippen LogP contribution >= 0.6 is 0 Å². The molecule has 23 heavy (non-hydrogen) atoms. The van der Waals surface area contributed by atoms with Crippen LogP contribution in [-0.4, -0.2) is 18.4 Å². The minimum absolute atomic E-state index is 0.0386. The molecular weight excluding hydrogens is 314 g/mol. The number of anilines is 1. The number of hydrogen-bond acceptors (Lipinski definition) is 2. The van der Waals surface area contributed by atoms with E-state index in [4.69, 9.17) is 4.74 Å². The van der Waals surface area contributed by atoms with Gasteiger partial charge in [-0.3, -0.25) is 4.79 Å². The summed E-state index contributed by atoms with van der Waals surface area (Å²) in [4.78, 5) is 11.1. The number of carbonyl (C=O) groups excluding carboxylic acids is 1. The zero-order valence-corrected chi connectivity index (χ0v) is 12.4. The average Bonchev–Trinajstić information content (AvgIpc) is 2.47. The highest BCUT2D eigenvalue weighted by atomic mass is 19.3. The van der Waals surface area contributed by atoms with Gasteiger partial charge < -0.3 is 10.1 Å². The van der Waals surface area contributed by atoms with Gasteiger partial charge in [0.2, 0.25) is 5.92 Å². The maximum absolute atomic E-state index is 13.9. The van der Waals surface area contributed by atoms with E-state index in [2.05, 4.69) is 11.9 Å². The quantitative estimate of drug-likeness (QED) is 0.639. The van der Waals surface area contributed by atoms with Crippen molar-refractivity contribution in [3.63, 3.8) is 0 Å². The fourth-order valence-corrected chi connectivity index (χ4v) is 2.37. The molecule has 0 radical (unpaired) electrons. The Morgan fingerprint density at radius 2 is 2.00 bits per heavy atom. The van der Waals surface area contributed by atoms with E-state index < -0.39 is 23.5 Å². The van der Waals surface area contributed by atoms with Gasteiger partial charge in [-0.1, -0.05) is 6.58 Å². The van der Waals surface area contributed by atoms with Crippen molar-refractivity contribution in [2.75, 3.05) is 11.9 Å². The zero-order valence-electron chi connectivity index (χ0n) is 12.4. The second-order valence-corrected chi connectivity index (χ2v) is 5.61. The minimum Gasteiger partial charge on any atom is -0.490 e. The number of alkyl halides is 2. The van der Waals surface area contributed by atoms with Gasteiger partial charge in [-0.25, -0.2) is 17.6 Å². The standard InChI is InChI=1S/C16H17F4NO2/c1-10(17)15(22)21-12-2-3-14(13(18)8-12)23-9-11-4-6-16(19,20)7-5-11/h2-3,8,11H,1,4-7,9H2,(H,21,22). The first-order valence-corrected chi connectivity index (χ1v) is 7.23. The summed E-state index contributed by atoms with van der Waals surface area (Å²) in [6.07, 6.45) is 0.311. The summed E-state index contributed by atoms with van der Waals surface area (Å²) < 4.78 is 57.8. The van der Waals surface area contributed by atoms with Gasteiger partial charge in [0.15, 0.2) is 17.4 Å². The third kappa shape index (κ3) is 4.97. The van der Waals surface area contributed by atoms with Crippen molar-refractivity contribution in [1.82, 2.24) is 0 Å². The lowest BCUT2D eigenvalue weighted by atomic mass is 9.87. The van der Waals surface area contributed by atoms with Crippen molar-refractivity contribution in [3.05, 3.63) is 36.4 Å². The first kappa shape index (κ1) is 17.3. The monoisotopic (exact) mass is 331 g/mol. The molecule has 1 amide bonds. The van der Waals surface area contributed by atoms with Crippen LogP contribution in [0.15, 0.2) is 30.6 Å². The first-order chi connectivity index (χ1) is 10.8. The van der Waals surface area contributed by atoms with Crippen molar-refractivity contribution >= 4 is 11.6 Å². The van der Waals surface area contributed by atoms with E-state index in [1.165, 1.54) is 12.1 Å². The number of hydrogen-bond donors (Lipinski definition) is 1. The van der Waals surface area contributed by atoms with E-state index in [1.54, 1.807) is 0 Å². The highest BCUT2D eigenvalue weighted by Gasteiger charge is 2.35. The summed E-state index contributed by atoms with van der Waals surface area (Å²) in [5.41, 5.74) is 0.0657. The van der Waals surface area contributed by atoms with Crippen LogP contribution in [0.2, 0.25) is 0 Å². The van der Waals surface area contributed by atoms with Crippen LogP contribution in [0, 0.1) is 11.7 Å². The average molecular weight is 331 g/mol. The molecule has 0 aliphatic heterocycles. The van der Waals surface area contributed by atoms with Gasteiger partial charge in [0, 0.05) is 24.6 Å². The summed E-state index contributed by atoms with van der Waals surface area (Å²) in [5, 5.41) is 2.13. The number of benzene rings is 1.